The Hall–Kier alpha value is -3.75. The van der Waals surface area contributed by atoms with Gasteiger partial charge in [0.15, 0.2) is 0 Å². The molecule has 0 aliphatic heterocycles. The molecule has 0 saturated heterocycles. The molecule has 4 rings (SSSR count). The molecule has 35 heavy (non-hydrogen) atoms. The van der Waals surface area contributed by atoms with E-state index in [0.29, 0.717) is 21.8 Å². The van der Waals surface area contributed by atoms with Gasteiger partial charge in [-0.3, -0.25) is 4.98 Å². The van der Waals surface area contributed by atoms with Crippen LogP contribution in [-0.4, -0.2) is 19.4 Å². The van der Waals surface area contributed by atoms with Crippen LogP contribution in [-0.2, 0) is 16.6 Å². The number of benzene rings is 3. The largest absolute Gasteiger partial charge is 0.369 e. The van der Waals surface area contributed by atoms with Gasteiger partial charge in [-0.15, -0.1) is 4.40 Å². The number of rotatable bonds is 6. The maximum atomic E-state index is 14.3. The molecule has 0 bridgehead atoms. The molecular formula is C26H22ClFN4O2S. The molecule has 0 radical (unpaired) electrons. The third kappa shape index (κ3) is 5.85. The summed E-state index contributed by atoms with van der Waals surface area (Å²) < 4.78 is 42.7. The lowest BCUT2D eigenvalue weighted by Crippen LogP contribution is -2.32. The van der Waals surface area contributed by atoms with Crippen molar-refractivity contribution >= 4 is 27.6 Å². The highest BCUT2D eigenvalue weighted by molar-refractivity contribution is 7.90. The highest BCUT2D eigenvalue weighted by atomic mass is 35.5. The van der Waals surface area contributed by atoms with E-state index in [1.165, 1.54) is 18.2 Å². The average molecular weight is 509 g/mol. The molecule has 0 aliphatic carbocycles. The lowest BCUT2D eigenvalue weighted by molar-refractivity contribution is 0.597. The van der Waals surface area contributed by atoms with E-state index in [1.54, 1.807) is 49.5 Å². The van der Waals surface area contributed by atoms with Crippen molar-refractivity contribution in [3.63, 3.8) is 0 Å². The van der Waals surface area contributed by atoms with Crippen molar-refractivity contribution in [1.82, 2.24) is 10.3 Å². The molecule has 0 unspecified atom stereocenters. The van der Waals surface area contributed by atoms with E-state index in [-0.39, 0.29) is 23.2 Å². The predicted molar refractivity (Wildman–Crippen MR) is 137 cm³/mol. The first-order chi connectivity index (χ1) is 16.7. The summed E-state index contributed by atoms with van der Waals surface area (Å²) in [5.74, 6) is -0.563. The minimum absolute atomic E-state index is 0.0473. The molecular weight excluding hydrogens is 487 g/mol. The van der Waals surface area contributed by atoms with E-state index in [1.807, 2.05) is 24.3 Å². The standard InChI is InChI=1S/C26H22ClFN4O2S/c1-17-7-8-20(14-24(17)28)25-23(19-9-11-21(27)12-10-19)13-18(15-30-25)16-31-26(29)32-35(33,34)22-5-3-2-4-6-22/h2-15H,16H2,1H3,(H3,29,31,32). The molecule has 1 heterocycles. The van der Waals surface area contributed by atoms with Crippen molar-refractivity contribution in [2.45, 2.75) is 18.4 Å². The zero-order chi connectivity index (χ0) is 25.0. The van der Waals surface area contributed by atoms with Crippen LogP contribution in [0.3, 0.4) is 0 Å². The molecule has 4 aromatic rings. The molecule has 0 saturated carbocycles. The molecule has 178 valence electrons. The normalized spacial score (nSPS) is 11.9. The van der Waals surface area contributed by atoms with Crippen molar-refractivity contribution in [3.8, 4) is 22.4 Å². The van der Waals surface area contributed by atoms with Gasteiger partial charge in [0.05, 0.1) is 10.6 Å². The zero-order valence-electron chi connectivity index (χ0n) is 18.7. The minimum Gasteiger partial charge on any atom is -0.369 e. The van der Waals surface area contributed by atoms with Crippen LogP contribution in [0.5, 0.6) is 0 Å². The fourth-order valence-corrected chi connectivity index (χ4v) is 4.48. The van der Waals surface area contributed by atoms with E-state index < -0.39 is 10.0 Å². The molecule has 0 fully saturated rings. The van der Waals surface area contributed by atoms with Crippen LogP contribution < -0.4 is 11.1 Å². The van der Waals surface area contributed by atoms with Crippen LogP contribution >= 0.6 is 11.6 Å². The number of sulfonamides is 1. The summed E-state index contributed by atoms with van der Waals surface area (Å²) in [6.07, 6.45) is 1.62. The fourth-order valence-electron chi connectivity index (χ4n) is 3.42. The molecule has 3 aromatic carbocycles. The third-order valence-electron chi connectivity index (χ3n) is 5.28. The maximum Gasteiger partial charge on any atom is 0.285 e. The number of nitrogens with one attached hydrogen (secondary N) is 1. The molecule has 0 atom stereocenters. The van der Waals surface area contributed by atoms with Crippen LogP contribution in [0.1, 0.15) is 11.1 Å². The van der Waals surface area contributed by atoms with Crippen LogP contribution in [0, 0.1) is 12.7 Å². The third-order valence-corrected chi connectivity index (χ3v) is 6.83. The van der Waals surface area contributed by atoms with E-state index >= 15 is 0 Å². The van der Waals surface area contributed by atoms with Crippen LogP contribution in [0.2, 0.25) is 5.02 Å². The maximum absolute atomic E-state index is 14.3. The molecule has 6 nitrogen and oxygen atoms in total. The van der Waals surface area contributed by atoms with Gasteiger partial charge < -0.3 is 11.1 Å². The second-order valence-corrected chi connectivity index (χ2v) is 9.87. The topological polar surface area (TPSA) is 97.4 Å². The lowest BCUT2D eigenvalue weighted by atomic mass is 9.97. The van der Waals surface area contributed by atoms with E-state index in [2.05, 4.69) is 14.7 Å². The zero-order valence-corrected chi connectivity index (χ0v) is 20.3. The van der Waals surface area contributed by atoms with Gasteiger partial charge in [0.25, 0.3) is 10.0 Å². The van der Waals surface area contributed by atoms with Crippen LogP contribution in [0.15, 0.2) is 94.4 Å². The van der Waals surface area contributed by atoms with E-state index in [4.69, 9.17) is 17.3 Å². The van der Waals surface area contributed by atoms with Crippen LogP contribution in [0.25, 0.3) is 22.4 Å². The Kier molecular flexibility index (Phi) is 7.14. The number of pyridine rings is 1. The Labute approximate surface area is 208 Å². The van der Waals surface area contributed by atoms with Crippen LogP contribution in [0.4, 0.5) is 4.39 Å². The van der Waals surface area contributed by atoms with Gasteiger partial charge in [-0.1, -0.05) is 54.1 Å². The SMILES string of the molecule is Cc1ccc(-c2ncc(CNC(N)=NS(=O)(=O)c3ccccc3)cc2-c2ccc(Cl)cc2)cc1F. The van der Waals surface area contributed by atoms with Crippen molar-refractivity contribution < 1.29 is 12.8 Å². The second kappa shape index (κ2) is 10.2. The first-order valence-electron chi connectivity index (χ1n) is 10.6. The summed E-state index contributed by atoms with van der Waals surface area (Å²) in [4.78, 5) is 4.63. The molecule has 9 heteroatoms. The Bertz CT molecular complexity index is 1490. The summed E-state index contributed by atoms with van der Waals surface area (Å²) in [5.41, 5.74) is 9.95. The minimum atomic E-state index is -3.93. The summed E-state index contributed by atoms with van der Waals surface area (Å²) >= 11 is 6.06. The van der Waals surface area contributed by atoms with Gasteiger partial charge in [-0.2, -0.15) is 8.42 Å². The van der Waals surface area contributed by atoms with Crippen molar-refractivity contribution in [3.05, 3.63) is 107 Å². The average Bonchev–Trinajstić information content (AvgIpc) is 2.85. The van der Waals surface area contributed by atoms with Gasteiger partial charge in [-0.25, -0.2) is 4.39 Å². The summed E-state index contributed by atoms with van der Waals surface area (Å²) in [5, 5.41) is 3.40. The second-order valence-electron chi connectivity index (χ2n) is 7.83. The number of guanidine groups is 1. The number of aromatic nitrogens is 1. The van der Waals surface area contributed by atoms with Gasteiger partial charge in [0.2, 0.25) is 5.96 Å². The van der Waals surface area contributed by atoms with E-state index in [0.717, 1.165) is 16.7 Å². The van der Waals surface area contributed by atoms with Crippen molar-refractivity contribution in [2.75, 3.05) is 0 Å². The first-order valence-corrected chi connectivity index (χ1v) is 12.5. The Balaban J connectivity index is 1.64. The molecule has 0 spiro atoms. The molecule has 3 N–H and O–H groups in total. The van der Waals surface area contributed by atoms with Crippen molar-refractivity contribution in [1.29, 1.82) is 0 Å². The highest BCUT2D eigenvalue weighted by Crippen LogP contribution is 2.32. The summed E-state index contributed by atoms with van der Waals surface area (Å²) in [6.45, 7) is 1.88. The van der Waals surface area contributed by atoms with Gasteiger partial charge >= 0.3 is 0 Å². The first kappa shape index (κ1) is 24.4. The number of halogens is 2. The smallest absolute Gasteiger partial charge is 0.285 e. The number of nitrogens with zero attached hydrogens (tertiary/aromatic N) is 2. The molecule has 0 amide bonds. The number of hydrogen-bond acceptors (Lipinski definition) is 3. The van der Waals surface area contributed by atoms with Gasteiger partial charge in [0.1, 0.15) is 5.82 Å². The summed E-state index contributed by atoms with van der Waals surface area (Å²) in [7, 11) is -3.93. The predicted octanol–water partition coefficient (Wildman–Crippen LogP) is 5.31. The van der Waals surface area contributed by atoms with Gasteiger partial charge in [-0.05, 0) is 60.0 Å². The Morgan fingerprint density at radius 2 is 1.71 bits per heavy atom. The van der Waals surface area contributed by atoms with E-state index in [9.17, 15) is 12.8 Å². The number of aryl methyl sites for hydroxylation is 1. The lowest BCUT2D eigenvalue weighted by Gasteiger charge is -2.13. The monoisotopic (exact) mass is 508 g/mol. The summed E-state index contributed by atoms with van der Waals surface area (Å²) in [6, 6.07) is 21.9. The molecule has 0 aliphatic rings. The molecule has 1 aromatic heterocycles. The van der Waals surface area contributed by atoms with Gasteiger partial charge in [0, 0.05) is 28.9 Å². The Morgan fingerprint density at radius 1 is 1.03 bits per heavy atom. The number of hydrogen-bond donors (Lipinski definition) is 2. The quantitative estimate of drug-likeness (QED) is 0.272. The highest BCUT2D eigenvalue weighted by Gasteiger charge is 2.14. The fraction of sp³-hybridized carbons (Fsp3) is 0.0769. The van der Waals surface area contributed by atoms with Crippen molar-refractivity contribution in [2.24, 2.45) is 10.1 Å². The number of nitrogens with two attached hydrogens (primary N) is 1. The Morgan fingerprint density at radius 3 is 2.40 bits per heavy atom.